The molecule has 2 bridgehead atoms. The van der Waals surface area contributed by atoms with Crippen molar-refractivity contribution in [3.05, 3.63) is 29.3 Å². The molecule has 2 fully saturated rings. The van der Waals surface area contributed by atoms with Crippen LogP contribution >= 0.6 is 24.0 Å². The van der Waals surface area contributed by atoms with Crippen LogP contribution in [-0.2, 0) is 4.79 Å². The lowest BCUT2D eigenvalue weighted by molar-refractivity contribution is -0.127. The maximum atomic E-state index is 12.4. The molecule has 0 saturated heterocycles. The van der Waals surface area contributed by atoms with Gasteiger partial charge in [-0.15, -0.1) is 12.4 Å². The molecule has 2 aliphatic carbocycles. The van der Waals surface area contributed by atoms with E-state index in [1.54, 1.807) is 6.07 Å². The first-order valence-electron chi connectivity index (χ1n) is 8.00. The van der Waals surface area contributed by atoms with Crippen molar-refractivity contribution >= 4 is 29.9 Å². The second-order valence-electron chi connectivity index (χ2n) is 6.54. The van der Waals surface area contributed by atoms with E-state index in [9.17, 15) is 4.79 Å². The first-order valence-corrected chi connectivity index (χ1v) is 8.38. The highest BCUT2D eigenvalue weighted by molar-refractivity contribution is 6.32. The number of amides is 1. The van der Waals surface area contributed by atoms with Gasteiger partial charge in [-0.05, 0) is 50.2 Å². The van der Waals surface area contributed by atoms with E-state index in [-0.39, 0.29) is 36.4 Å². The minimum atomic E-state index is -0.140. The van der Waals surface area contributed by atoms with Gasteiger partial charge in [0.2, 0.25) is 5.91 Å². The topological polar surface area (TPSA) is 64.4 Å². The van der Waals surface area contributed by atoms with Gasteiger partial charge in [-0.1, -0.05) is 23.7 Å². The summed E-state index contributed by atoms with van der Waals surface area (Å²) in [7, 11) is 0. The number of hydrogen-bond donors (Lipinski definition) is 2. The van der Waals surface area contributed by atoms with Gasteiger partial charge in [0, 0.05) is 6.04 Å². The molecule has 1 aromatic carbocycles. The Morgan fingerprint density at radius 1 is 1.39 bits per heavy atom. The highest BCUT2D eigenvalue weighted by Crippen LogP contribution is 2.47. The molecule has 5 atom stereocenters. The Kier molecular flexibility index (Phi) is 6.18. The summed E-state index contributed by atoms with van der Waals surface area (Å²) in [5, 5.41) is 3.57. The van der Waals surface area contributed by atoms with Gasteiger partial charge in [-0.25, -0.2) is 0 Å². The monoisotopic (exact) mass is 358 g/mol. The van der Waals surface area contributed by atoms with Crippen LogP contribution in [0, 0.1) is 17.8 Å². The van der Waals surface area contributed by atoms with E-state index < -0.39 is 0 Å². The molecule has 23 heavy (non-hydrogen) atoms. The Hall–Kier alpha value is -0.970. The summed E-state index contributed by atoms with van der Waals surface area (Å²) in [6, 6.07) is 7.38. The molecule has 4 nitrogen and oxygen atoms in total. The Balaban J connectivity index is 0.00000192. The smallest absolute Gasteiger partial charge is 0.225 e. The van der Waals surface area contributed by atoms with Crippen molar-refractivity contribution in [2.24, 2.45) is 23.5 Å². The van der Waals surface area contributed by atoms with Crippen LogP contribution < -0.4 is 15.8 Å². The van der Waals surface area contributed by atoms with E-state index in [1.165, 1.54) is 6.42 Å². The van der Waals surface area contributed by atoms with Crippen molar-refractivity contribution in [1.29, 1.82) is 0 Å². The zero-order valence-corrected chi connectivity index (χ0v) is 14.8. The Morgan fingerprint density at radius 3 is 2.74 bits per heavy atom. The SMILES string of the molecule is CC(CNC(=O)C1C2CCC(C2)C1N)Oc1ccccc1Cl.Cl. The molecular formula is C17H24Cl2N2O2. The molecule has 0 heterocycles. The van der Waals surface area contributed by atoms with Crippen LogP contribution in [-0.4, -0.2) is 24.6 Å². The van der Waals surface area contributed by atoms with Crippen molar-refractivity contribution in [1.82, 2.24) is 5.32 Å². The predicted molar refractivity (Wildman–Crippen MR) is 94.1 cm³/mol. The number of para-hydroxylation sites is 1. The third-order valence-corrected chi connectivity index (χ3v) is 5.32. The molecule has 2 saturated carbocycles. The lowest BCUT2D eigenvalue weighted by Gasteiger charge is -2.27. The minimum absolute atomic E-state index is 0. The molecule has 0 aliphatic heterocycles. The number of nitrogens with two attached hydrogens (primary N) is 1. The number of hydrogen-bond acceptors (Lipinski definition) is 3. The van der Waals surface area contributed by atoms with Crippen molar-refractivity contribution < 1.29 is 9.53 Å². The molecule has 3 N–H and O–H groups in total. The Labute approximate surface area is 148 Å². The second kappa shape index (κ2) is 7.73. The van der Waals surface area contributed by atoms with Gasteiger partial charge in [0.05, 0.1) is 17.5 Å². The minimum Gasteiger partial charge on any atom is -0.487 e. The Morgan fingerprint density at radius 2 is 2.09 bits per heavy atom. The lowest BCUT2D eigenvalue weighted by Crippen LogP contribution is -2.47. The first kappa shape index (κ1) is 18.4. The van der Waals surface area contributed by atoms with Crippen LogP contribution in [0.15, 0.2) is 24.3 Å². The average Bonchev–Trinajstić information content (AvgIpc) is 3.08. The lowest BCUT2D eigenvalue weighted by atomic mass is 9.84. The molecule has 6 heteroatoms. The zero-order chi connectivity index (χ0) is 15.7. The maximum absolute atomic E-state index is 12.4. The van der Waals surface area contributed by atoms with Crippen molar-refractivity contribution in [3.63, 3.8) is 0 Å². The molecule has 1 amide bonds. The van der Waals surface area contributed by atoms with Crippen LogP contribution in [0.2, 0.25) is 5.02 Å². The number of carbonyl (C=O) groups excluding carboxylic acids is 1. The fourth-order valence-corrected chi connectivity index (χ4v) is 4.07. The van der Waals surface area contributed by atoms with Crippen LogP contribution in [0.4, 0.5) is 0 Å². The molecule has 0 aromatic heterocycles. The number of halogens is 2. The number of rotatable bonds is 5. The van der Waals surface area contributed by atoms with Gasteiger partial charge in [-0.3, -0.25) is 4.79 Å². The van der Waals surface area contributed by atoms with Crippen LogP contribution in [0.1, 0.15) is 26.2 Å². The molecule has 3 rings (SSSR count). The van der Waals surface area contributed by atoms with Gasteiger partial charge in [0.1, 0.15) is 11.9 Å². The van der Waals surface area contributed by atoms with E-state index in [1.807, 2.05) is 25.1 Å². The van der Waals surface area contributed by atoms with E-state index in [2.05, 4.69) is 5.32 Å². The summed E-state index contributed by atoms with van der Waals surface area (Å²) in [6.07, 6.45) is 3.30. The van der Waals surface area contributed by atoms with Crippen LogP contribution in [0.3, 0.4) is 0 Å². The number of benzene rings is 1. The number of nitrogens with one attached hydrogen (secondary N) is 1. The van der Waals surface area contributed by atoms with E-state index in [0.717, 1.165) is 12.8 Å². The summed E-state index contributed by atoms with van der Waals surface area (Å²) in [5.41, 5.74) is 6.21. The van der Waals surface area contributed by atoms with E-state index in [4.69, 9.17) is 22.1 Å². The number of ether oxygens (including phenoxy) is 1. The fourth-order valence-electron chi connectivity index (χ4n) is 3.89. The van der Waals surface area contributed by atoms with Crippen molar-refractivity contribution in [3.8, 4) is 5.75 Å². The van der Waals surface area contributed by atoms with Gasteiger partial charge < -0.3 is 15.8 Å². The van der Waals surface area contributed by atoms with Gasteiger partial charge in [0.15, 0.2) is 0 Å². The summed E-state index contributed by atoms with van der Waals surface area (Å²) in [6.45, 7) is 2.38. The molecular weight excluding hydrogens is 335 g/mol. The zero-order valence-electron chi connectivity index (χ0n) is 13.2. The third-order valence-electron chi connectivity index (χ3n) is 5.01. The van der Waals surface area contributed by atoms with Crippen LogP contribution in [0.25, 0.3) is 0 Å². The Bertz CT molecular complexity index is 553. The standard InChI is InChI=1S/C17H23ClN2O2.ClH/c1-10(22-14-5-3-2-4-13(14)18)9-20-17(21)15-11-6-7-12(8-11)16(15)19;/h2-5,10-12,15-16H,6-9,19H2,1H3,(H,20,21);1H. The summed E-state index contributed by atoms with van der Waals surface area (Å²) in [4.78, 5) is 12.4. The second-order valence-corrected chi connectivity index (χ2v) is 6.95. The predicted octanol–water partition coefficient (Wildman–Crippen LogP) is 3.02. The number of carbonyl (C=O) groups is 1. The summed E-state index contributed by atoms with van der Waals surface area (Å²) < 4.78 is 5.77. The largest absolute Gasteiger partial charge is 0.487 e. The van der Waals surface area contributed by atoms with E-state index in [0.29, 0.717) is 29.2 Å². The van der Waals surface area contributed by atoms with Gasteiger partial charge >= 0.3 is 0 Å². The molecule has 5 unspecified atom stereocenters. The fraction of sp³-hybridized carbons (Fsp3) is 0.588. The van der Waals surface area contributed by atoms with Gasteiger partial charge in [-0.2, -0.15) is 0 Å². The summed E-state index contributed by atoms with van der Waals surface area (Å²) >= 11 is 6.07. The van der Waals surface area contributed by atoms with Crippen molar-refractivity contribution in [2.45, 2.75) is 38.3 Å². The molecule has 2 aliphatic rings. The highest BCUT2D eigenvalue weighted by atomic mass is 35.5. The maximum Gasteiger partial charge on any atom is 0.225 e. The molecule has 0 spiro atoms. The van der Waals surface area contributed by atoms with Gasteiger partial charge in [0.25, 0.3) is 0 Å². The summed E-state index contributed by atoms with van der Waals surface area (Å²) in [5.74, 6) is 1.71. The van der Waals surface area contributed by atoms with Crippen LogP contribution in [0.5, 0.6) is 5.75 Å². The highest BCUT2D eigenvalue weighted by Gasteiger charge is 2.48. The average molecular weight is 359 g/mol. The normalized spacial score (nSPS) is 29.7. The molecule has 1 aromatic rings. The first-order chi connectivity index (χ1) is 10.6. The quantitative estimate of drug-likeness (QED) is 0.850. The van der Waals surface area contributed by atoms with E-state index >= 15 is 0 Å². The van der Waals surface area contributed by atoms with Crippen molar-refractivity contribution in [2.75, 3.05) is 6.54 Å². The number of fused-ring (bicyclic) bond motifs is 2. The molecule has 0 radical (unpaired) electrons. The third kappa shape index (κ3) is 3.93. The molecule has 128 valence electrons.